The molecule has 7 nitrogen and oxygen atoms in total. The van der Waals surface area contributed by atoms with Gasteiger partial charge in [-0.2, -0.15) is 0 Å². The maximum absolute atomic E-state index is 13.1. The third-order valence-electron chi connectivity index (χ3n) is 3.39. The van der Waals surface area contributed by atoms with Gasteiger partial charge in [0.05, 0.1) is 11.6 Å². The number of hydrogen-bond acceptors (Lipinski definition) is 5. The highest BCUT2D eigenvalue weighted by Gasteiger charge is 2.12. The van der Waals surface area contributed by atoms with Crippen LogP contribution >= 0.6 is 11.6 Å². The lowest BCUT2D eigenvalue weighted by molar-refractivity contribution is -0.146. The van der Waals surface area contributed by atoms with Crippen LogP contribution in [0.2, 0.25) is 5.02 Å². The van der Waals surface area contributed by atoms with E-state index in [1.165, 1.54) is 12.1 Å². The third kappa shape index (κ3) is 6.55. The molecular weight excluding hydrogens is 391 g/mol. The number of halogens is 2. The van der Waals surface area contributed by atoms with Gasteiger partial charge in [0, 0.05) is 11.3 Å². The van der Waals surface area contributed by atoms with E-state index in [1.807, 2.05) is 6.92 Å². The minimum atomic E-state index is -0.786. The van der Waals surface area contributed by atoms with Crippen molar-refractivity contribution in [3.8, 4) is 5.75 Å². The van der Waals surface area contributed by atoms with Gasteiger partial charge in [-0.25, -0.2) is 4.39 Å². The fraction of sp³-hybridized carbons (Fsp3) is 0.211. The van der Waals surface area contributed by atoms with E-state index in [0.717, 1.165) is 6.07 Å². The molecule has 0 fully saturated rings. The quantitative estimate of drug-likeness (QED) is 0.655. The Labute approximate surface area is 165 Å². The van der Waals surface area contributed by atoms with Crippen molar-refractivity contribution in [2.45, 2.75) is 6.92 Å². The van der Waals surface area contributed by atoms with Crippen LogP contribution in [0, 0.1) is 5.82 Å². The highest BCUT2D eigenvalue weighted by molar-refractivity contribution is 6.31. The summed E-state index contributed by atoms with van der Waals surface area (Å²) in [4.78, 5) is 35.4. The lowest BCUT2D eigenvalue weighted by Crippen LogP contribution is -2.32. The number of rotatable bonds is 8. The number of nitrogens with one attached hydrogen (secondary N) is 2. The first-order valence-electron chi connectivity index (χ1n) is 8.30. The zero-order valence-corrected chi connectivity index (χ0v) is 15.7. The van der Waals surface area contributed by atoms with Crippen molar-refractivity contribution in [1.82, 2.24) is 5.32 Å². The molecule has 148 valence electrons. The molecule has 28 heavy (non-hydrogen) atoms. The standard InChI is InChI=1S/C19H18ClFN2O5/c1-2-27-14-6-3-12(4-7-14)19(26)22-10-18(25)28-11-17(24)23-13-5-8-16(21)15(20)9-13/h3-9H,2,10-11H2,1H3,(H,22,26)(H,23,24). The second-order valence-corrected chi connectivity index (χ2v) is 5.89. The second kappa shape index (κ2) is 10.3. The third-order valence-corrected chi connectivity index (χ3v) is 3.68. The number of hydrogen-bond donors (Lipinski definition) is 2. The molecule has 0 atom stereocenters. The van der Waals surface area contributed by atoms with E-state index in [2.05, 4.69) is 10.6 Å². The molecule has 0 saturated heterocycles. The smallest absolute Gasteiger partial charge is 0.325 e. The Bertz CT molecular complexity index is 858. The van der Waals surface area contributed by atoms with Crippen molar-refractivity contribution in [2.24, 2.45) is 0 Å². The van der Waals surface area contributed by atoms with E-state index in [-0.39, 0.29) is 10.7 Å². The summed E-state index contributed by atoms with van der Waals surface area (Å²) < 4.78 is 23.1. The summed E-state index contributed by atoms with van der Waals surface area (Å²) in [5.74, 6) is -1.87. The van der Waals surface area contributed by atoms with Crippen molar-refractivity contribution in [3.05, 3.63) is 58.9 Å². The van der Waals surface area contributed by atoms with Gasteiger partial charge in [0.15, 0.2) is 6.61 Å². The number of amides is 2. The average Bonchev–Trinajstić information content (AvgIpc) is 2.68. The van der Waals surface area contributed by atoms with Crippen LogP contribution in [-0.4, -0.2) is 37.5 Å². The molecule has 0 bridgehead atoms. The van der Waals surface area contributed by atoms with Crippen LogP contribution in [-0.2, 0) is 14.3 Å². The fourth-order valence-corrected chi connectivity index (χ4v) is 2.27. The zero-order chi connectivity index (χ0) is 20.5. The Hall–Kier alpha value is -3.13. The summed E-state index contributed by atoms with van der Waals surface area (Å²) in [6.07, 6.45) is 0. The lowest BCUT2D eigenvalue weighted by atomic mass is 10.2. The Kier molecular flexibility index (Phi) is 7.76. The monoisotopic (exact) mass is 408 g/mol. The van der Waals surface area contributed by atoms with Gasteiger partial charge in [0.2, 0.25) is 0 Å². The minimum Gasteiger partial charge on any atom is -0.494 e. The SMILES string of the molecule is CCOc1ccc(C(=O)NCC(=O)OCC(=O)Nc2ccc(F)c(Cl)c2)cc1. The first-order valence-corrected chi connectivity index (χ1v) is 8.68. The van der Waals surface area contributed by atoms with Crippen LogP contribution in [0.5, 0.6) is 5.75 Å². The summed E-state index contributed by atoms with van der Waals surface area (Å²) in [6, 6.07) is 10.1. The van der Waals surface area contributed by atoms with Crippen molar-refractivity contribution < 1.29 is 28.2 Å². The van der Waals surface area contributed by atoms with Crippen LogP contribution in [0.15, 0.2) is 42.5 Å². The normalized spacial score (nSPS) is 10.1. The number of anilines is 1. The van der Waals surface area contributed by atoms with Crippen LogP contribution in [0.3, 0.4) is 0 Å². The molecule has 2 aromatic rings. The van der Waals surface area contributed by atoms with Crippen LogP contribution in [0.25, 0.3) is 0 Å². The Morgan fingerprint density at radius 1 is 1.11 bits per heavy atom. The van der Waals surface area contributed by atoms with Crippen molar-refractivity contribution in [3.63, 3.8) is 0 Å². The summed E-state index contributed by atoms with van der Waals surface area (Å²) in [6.45, 7) is 1.40. The molecule has 0 spiro atoms. The average molecular weight is 409 g/mol. The van der Waals surface area contributed by atoms with Gasteiger partial charge in [0.1, 0.15) is 18.1 Å². The van der Waals surface area contributed by atoms with E-state index in [4.69, 9.17) is 21.1 Å². The lowest BCUT2D eigenvalue weighted by Gasteiger charge is -2.08. The largest absolute Gasteiger partial charge is 0.494 e. The van der Waals surface area contributed by atoms with Gasteiger partial charge < -0.3 is 20.1 Å². The summed E-state index contributed by atoms with van der Waals surface area (Å²) >= 11 is 5.61. The first kappa shape index (κ1) is 21.2. The fourth-order valence-electron chi connectivity index (χ4n) is 2.09. The molecule has 0 radical (unpaired) electrons. The van der Waals surface area contributed by atoms with Crippen LogP contribution in [0.4, 0.5) is 10.1 Å². The number of carbonyl (C=O) groups is 3. The molecule has 0 unspecified atom stereocenters. The van der Waals surface area contributed by atoms with E-state index in [0.29, 0.717) is 17.9 Å². The van der Waals surface area contributed by atoms with E-state index in [1.54, 1.807) is 24.3 Å². The molecule has 2 amide bonds. The molecule has 0 aliphatic heterocycles. The molecular formula is C19H18ClFN2O5. The predicted molar refractivity (Wildman–Crippen MR) is 101 cm³/mol. The van der Waals surface area contributed by atoms with E-state index >= 15 is 0 Å². The molecule has 2 aromatic carbocycles. The van der Waals surface area contributed by atoms with Crippen molar-refractivity contribution >= 4 is 35.1 Å². The van der Waals surface area contributed by atoms with Gasteiger partial charge in [-0.15, -0.1) is 0 Å². The maximum Gasteiger partial charge on any atom is 0.325 e. The molecule has 0 aromatic heterocycles. The molecule has 2 rings (SSSR count). The van der Waals surface area contributed by atoms with Crippen molar-refractivity contribution in [2.75, 3.05) is 25.1 Å². The highest BCUT2D eigenvalue weighted by atomic mass is 35.5. The maximum atomic E-state index is 13.1. The number of esters is 1. The van der Waals surface area contributed by atoms with Crippen LogP contribution in [0.1, 0.15) is 17.3 Å². The molecule has 0 heterocycles. The topological polar surface area (TPSA) is 93.7 Å². The van der Waals surface area contributed by atoms with Gasteiger partial charge in [-0.05, 0) is 49.4 Å². The second-order valence-electron chi connectivity index (χ2n) is 5.48. The van der Waals surface area contributed by atoms with Gasteiger partial charge in [-0.1, -0.05) is 11.6 Å². The Morgan fingerprint density at radius 3 is 2.46 bits per heavy atom. The molecule has 0 aliphatic carbocycles. The highest BCUT2D eigenvalue weighted by Crippen LogP contribution is 2.19. The minimum absolute atomic E-state index is 0.146. The van der Waals surface area contributed by atoms with E-state index in [9.17, 15) is 18.8 Å². The van der Waals surface area contributed by atoms with E-state index < -0.39 is 36.8 Å². The van der Waals surface area contributed by atoms with Gasteiger partial charge in [-0.3, -0.25) is 14.4 Å². The molecule has 2 N–H and O–H groups in total. The number of ether oxygens (including phenoxy) is 2. The molecule has 0 saturated carbocycles. The molecule has 0 aliphatic rings. The van der Waals surface area contributed by atoms with Crippen molar-refractivity contribution in [1.29, 1.82) is 0 Å². The summed E-state index contributed by atoms with van der Waals surface area (Å²) in [7, 11) is 0. The number of benzene rings is 2. The Balaban J connectivity index is 1.73. The van der Waals surface area contributed by atoms with Gasteiger partial charge in [0.25, 0.3) is 11.8 Å². The number of carbonyl (C=O) groups excluding carboxylic acids is 3. The summed E-state index contributed by atoms with van der Waals surface area (Å²) in [5, 5.41) is 4.65. The first-order chi connectivity index (χ1) is 13.4. The van der Waals surface area contributed by atoms with Crippen LogP contribution < -0.4 is 15.4 Å². The summed E-state index contributed by atoms with van der Waals surface area (Å²) in [5.41, 5.74) is 0.610. The predicted octanol–water partition coefficient (Wildman–Crippen LogP) is 2.79. The Morgan fingerprint density at radius 2 is 1.82 bits per heavy atom. The molecule has 9 heteroatoms. The van der Waals surface area contributed by atoms with Gasteiger partial charge >= 0.3 is 5.97 Å². The zero-order valence-electron chi connectivity index (χ0n) is 15.0.